The molecule has 2 aromatic rings. The summed E-state index contributed by atoms with van der Waals surface area (Å²) in [6.45, 7) is 2.51. The van der Waals surface area contributed by atoms with Gasteiger partial charge in [-0.2, -0.15) is 0 Å². The van der Waals surface area contributed by atoms with Crippen molar-refractivity contribution in [1.29, 1.82) is 0 Å². The van der Waals surface area contributed by atoms with Crippen LogP contribution in [0.4, 0.5) is 0 Å². The summed E-state index contributed by atoms with van der Waals surface area (Å²) >= 11 is 5.66. The third kappa shape index (κ3) is 6.98. The van der Waals surface area contributed by atoms with Crippen LogP contribution in [0.5, 0.6) is 5.75 Å². The first kappa shape index (κ1) is 29.7. The first-order valence-electron chi connectivity index (χ1n) is 11.7. The van der Waals surface area contributed by atoms with Crippen molar-refractivity contribution in [3.8, 4) is 17.6 Å². The smallest absolute Gasteiger partial charge is 0.330 e. The lowest BCUT2D eigenvalue weighted by molar-refractivity contribution is -0.149. The maximum atomic E-state index is 12.4. The van der Waals surface area contributed by atoms with E-state index >= 15 is 0 Å². The molecular formula is C24H30N3O9PS. The normalized spacial score (nSPS) is 25.2. The molecular weight excluding hydrogens is 537 g/mol. The predicted molar refractivity (Wildman–Crippen MR) is 141 cm³/mol. The number of nitrogens with one attached hydrogen (secondary N) is 2. The van der Waals surface area contributed by atoms with Gasteiger partial charge in [-0.25, -0.2) is 9.88 Å². The zero-order valence-corrected chi connectivity index (χ0v) is 22.9. The Bertz CT molecular complexity index is 1350. The van der Waals surface area contributed by atoms with Crippen molar-refractivity contribution in [3.63, 3.8) is 0 Å². The third-order valence-corrected chi connectivity index (χ3v) is 7.85. The molecule has 1 saturated heterocycles. The molecule has 38 heavy (non-hydrogen) atoms. The number of carbonyl (C=O) groups is 1. The van der Waals surface area contributed by atoms with Crippen molar-refractivity contribution in [2.24, 2.45) is 0 Å². The average Bonchev–Trinajstić information content (AvgIpc) is 3.08. The summed E-state index contributed by atoms with van der Waals surface area (Å²) in [7, 11) is 0. The number of para-hydroxylation sites is 1. The summed E-state index contributed by atoms with van der Waals surface area (Å²) in [6, 6.07) is 8.70. The van der Waals surface area contributed by atoms with E-state index in [9.17, 15) is 24.6 Å². The number of benzene rings is 1. The lowest BCUT2D eigenvalue weighted by atomic mass is 9.94. The number of aromatic amines is 1. The topological polar surface area (TPSA) is 161 Å². The van der Waals surface area contributed by atoms with Crippen LogP contribution in [0, 0.1) is 11.8 Å². The Morgan fingerprint density at radius 2 is 1.97 bits per heavy atom. The fourth-order valence-electron chi connectivity index (χ4n) is 3.64. The minimum Gasteiger partial charge on any atom is -0.462 e. The summed E-state index contributed by atoms with van der Waals surface area (Å²) in [4.78, 5) is 38.4. The van der Waals surface area contributed by atoms with Crippen molar-refractivity contribution in [2.45, 2.75) is 63.9 Å². The zero-order chi connectivity index (χ0) is 28.1. The fourth-order valence-corrected chi connectivity index (χ4v) is 6.05. The minimum atomic E-state index is -3.48. The number of aromatic nitrogens is 2. The Balaban J connectivity index is 1.86. The van der Waals surface area contributed by atoms with Crippen LogP contribution < -0.4 is 20.9 Å². The molecule has 0 spiro atoms. The highest BCUT2D eigenvalue weighted by Gasteiger charge is 2.56. The predicted octanol–water partition coefficient (Wildman–Crippen LogP) is 0.799. The van der Waals surface area contributed by atoms with Crippen molar-refractivity contribution in [3.05, 3.63) is 63.4 Å². The molecule has 206 valence electrons. The van der Waals surface area contributed by atoms with E-state index < -0.39 is 60.5 Å². The molecule has 0 saturated carbocycles. The van der Waals surface area contributed by atoms with Crippen LogP contribution in [0.2, 0.25) is 0 Å². The Kier molecular flexibility index (Phi) is 9.67. The van der Waals surface area contributed by atoms with Crippen LogP contribution >= 0.6 is 6.64 Å². The number of aliphatic hydroxyl groups is 2. The van der Waals surface area contributed by atoms with Gasteiger partial charge in [0.25, 0.3) is 5.56 Å². The van der Waals surface area contributed by atoms with Gasteiger partial charge in [0.05, 0.1) is 12.7 Å². The Morgan fingerprint density at radius 1 is 1.29 bits per heavy atom. The minimum absolute atomic E-state index is 0.354. The van der Waals surface area contributed by atoms with Crippen LogP contribution in [-0.2, 0) is 30.6 Å². The molecule has 1 aliphatic rings. The molecule has 12 nitrogen and oxygen atoms in total. The molecule has 14 heteroatoms. The number of rotatable bonds is 10. The average molecular weight is 568 g/mol. The van der Waals surface area contributed by atoms with Gasteiger partial charge in [0, 0.05) is 12.3 Å². The molecule has 3 rings (SSSR count). The highest BCUT2D eigenvalue weighted by Crippen LogP contribution is 2.47. The van der Waals surface area contributed by atoms with E-state index in [2.05, 4.69) is 21.9 Å². The first-order valence-corrected chi connectivity index (χ1v) is 14.3. The highest BCUT2D eigenvalue weighted by molar-refractivity contribution is 8.09. The molecule has 1 aromatic heterocycles. The van der Waals surface area contributed by atoms with Gasteiger partial charge in [0.1, 0.15) is 24.0 Å². The van der Waals surface area contributed by atoms with Gasteiger partial charge >= 0.3 is 18.3 Å². The van der Waals surface area contributed by atoms with Crippen LogP contribution in [0.1, 0.15) is 33.9 Å². The van der Waals surface area contributed by atoms with Gasteiger partial charge in [0.2, 0.25) is 0 Å². The standard InChI is InChI=1S/C24H30N3O9PS/c1-5-12-24(32)20(29)18(35-22(24)27-13-11-19(28)25-23(27)31)14-33-37(38,36-17-9-7-6-8-10-17)26-16(4)21(30)34-15(2)3/h6-11,13,15-16,18,20,22,29,32H,14H2,1-4H3,(H,26,38)(H,25,28,31). The molecule has 2 heterocycles. The molecule has 1 aromatic carbocycles. The fraction of sp³-hybridized carbons (Fsp3) is 0.458. The van der Waals surface area contributed by atoms with E-state index in [1.54, 1.807) is 51.1 Å². The number of hydrogen-bond donors (Lipinski definition) is 4. The number of ether oxygens (including phenoxy) is 2. The van der Waals surface area contributed by atoms with E-state index in [-0.39, 0.29) is 6.10 Å². The van der Waals surface area contributed by atoms with Crippen molar-refractivity contribution in [1.82, 2.24) is 14.6 Å². The lowest BCUT2D eigenvalue weighted by Gasteiger charge is -2.28. The number of aliphatic hydroxyl groups excluding tert-OH is 1. The van der Waals surface area contributed by atoms with E-state index in [0.717, 1.165) is 16.8 Å². The Morgan fingerprint density at radius 3 is 2.58 bits per heavy atom. The molecule has 0 aliphatic carbocycles. The van der Waals surface area contributed by atoms with Gasteiger partial charge in [-0.1, -0.05) is 24.1 Å². The molecule has 1 fully saturated rings. The number of H-pyrrole nitrogens is 1. The third-order valence-electron chi connectivity index (χ3n) is 5.35. The molecule has 1 aliphatic heterocycles. The van der Waals surface area contributed by atoms with Crippen LogP contribution in [0.3, 0.4) is 0 Å². The molecule has 6 unspecified atom stereocenters. The number of nitrogens with zero attached hydrogens (tertiary/aromatic N) is 1. The Labute approximate surface area is 224 Å². The van der Waals surface area contributed by atoms with Gasteiger partial charge in [-0.05, 0) is 51.6 Å². The largest absolute Gasteiger partial charge is 0.462 e. The second-order valence-corrected chi connectivity index (χ2v) is 11.9. The highest BCUT2D eigenvalue weighted by atomic mass is 32.5. The quantitative estimate of drug-likeness (QED) is 0.183. The van der Waals surface area contributed by atoms with Crippen molar-refractivity contribution in [2.75, 3.05) is 6.61 Å². The SMILES string of the molecule is CC#CC1(O)C(O)C(COP(=S)(NC(C)C(=O)OC(C)C)Oc2ccccc2)OC1n1ccc(=O)[nH]c1=O. The van der Waals surface area contributed by atoms with E-state index in [4.69, 9.17) is 30.3 Å². The van der Waals surface area contributed by atoms with Crippen molar-refractivity contribution >= 4 is 24.4 Å². The number of hydrogen-bond acceptors (Lipinski definition) is 10. The molecule has 0 radical (unpaired) electrons. The lowest BCUT2D eigenvalue weighted by Crippen LogP contribution is -2.48. The van der Waals surface area contributed by atoms with Gasteiger partial charge in [0.15, 0.2) is 11.8 Å². The summed E-state index contributed by atoms with van der Waals surface area (Å²) < 4.78 is 23.8. The van der Waals surface area contributed by atoms with E-state index in [1.165, 1.54) is 6.92 Å². The molecule has 0 bridgehead atoms. The number of esters is 1. The molecule has 4 N–H and O–H groups in total. The summed E-state index contributed by atoms with van der Waals surface area (Å²) in [5.74, 6) is 4.81. The van der Waals surface area contributed by atoms with E-state index in [1.807, 2.05) is 0 Å². The second-order valence-electron chi connectivity index (χ2n) is 8.72. The van der Waals surface area contributed by atoms with Crippen molar-refractivity contribution < 1.29 is 33.5 Å². The molecule has 0 amide bonds. The maximum absolute atomic E-state index is 12.4. The van der Waals surface area contributed by atoms with Gasteiger partial charge < -0.3 is 28.7 Å². The zero-order valence-electron chi connectivity index (χ0n) is 21.2. The van der Waals surface area contributed by atoms with E-state index in [0.29, 0.717) is 5.75 Å². The summed E-state index contributed by atoms with van der Waals surface area (Å²) in [5.41, 5.74) is -3.75. The summed E-state index contributed by atoms with van der Waals surface area (Å²) in [5, 5.41) is 25.1. The first-order chi connectivity index (χ1) is 17.9. The van der Waals surface area contributed by atoms with Crippen LogP contribution in [0.25, 0.3) is 0 Å². The Hall–Kier alpha value is -2.82. The van der Waals surface area contributed by atoms with Crippen LogP contribution in [-0.4, -0.2) is 62.3 Å². The molecule has 6 atom stereocenters. The monoisotopic (exact) mass is 567 g/mol. The van der Waals surface area contributed by atoms with Gasteiger partial charge in [-0.15, -0.1) is 5.92 Å². The second kappa shape index (κ2) is 12.4. The number of carbonyl (C=O) groups excluding carboxylic acids is 1. The van der Waals surface area contributed by atoms with Crippen LogP contribution in [0.15, 0.2) is 52.2 Å². The summed E-state index contributed by atoms with van der Waals surface area (Å²) in [6.07, 6.45) is -3.60. The van der Waals surface area contributed by atoms with Gasteiger partial charge in [-0.3, -0.25) is 19.1 Å². The maximum Gasteiger partial charge on any atom is 0.330 e.